The average Bonchev–Trinajstić information content (AvgIpc) is 2.49. The third kappa shape index (κ3) is 1.39. The molecule has 1 atom stereocenters. The van der Waals surface area contributed by atoms with Crippen LogP contribution in [0.3, 0.4) is 0 Å². The molecule has 0 aromatic carbocycles. The molecule has 0 radical (unpaired) electrons. The van der Waals surface area contributed by atoms with E-state index in [1.807, 2.05) is 16.8 Å². The molecule has 3 heteroatoms. The van der Waals surface area contributed by atoms with Crippen LogP contribution in [0.4, 0.5) is 0 Å². The number of hydrogen-bond donors (Lipinski definition) is 0. The summed E-state index contributed by atoms with van der Waals surface area (Å²) < 4.78 is 0. The molecule has 0 N–H and O–H groups in total. The first-order chi connectivity index (χ1) is 5.77. The van der Waals surface area contributed by atoms with E-state index >= 15 is 0 Å². The largest absolute Gasteiger partial charge is 0.306 e. The molecule has 0 fully saturated rings. The predicted octanol–water partition coefficient (Wildman–Crippen LogP) is 1.56. The molecule has 1 aliphatic rings. The first-order valence-electron chi connectivity index (χ1n) is 4.35. The Morgan fingerprint density at radius 1 is 1.58 bits per heavy atom. The molecule has 1 aliphatic carbocycles. The summed E-state index contributed by atoms with van der Waals surface area (Å²) in [4.78, 5) is 8.20. The van der Waals surface area contributed by atoms with Crippen molar-refractivity contribution in [1.29, 1.82) is 0 Å². The lowest BCUT2D eigenvalue weighted by atomic mass is 9.97. The van der Waals surface area contributed by atoms with Gasteiger partial charge >= 0.3 is 0 Å². The van der Waals surface area contributed by atoms with Gasteiger partial charge < -0.3 is 4.90 Å². The lowest BCUT2D eigenvalue weighted by Crippen LogP contribution is -2.33. The highest BCUT2D eigenvalue weighted by Crippen LogP contribution is 2.25. The molecule has 1 unspecified atom stereocenters. The second-order valence-electron chi connectivity index (χ2n) is 3.58. The number of thiazole rings is 1. The van der Waals surface area contributed by atoms with E-state index in [0.717, 1.165) is 6.42 Å². The maximum Gasteiger partial charge on any atom is 0.0797 e. The maximum absolute atomic E-state index is 4.38. The molecule has 1 heterocycles. The second-order valence-corrected chi connectivity index (χ2v) is 4.52. The topological polar surface area (TPSA) is 16.1 Å². The van der Waals surface area contributed by atoms with Crippen LogP contribution in [0, 0.1) is 0 Å². The normalized spacial score (nSPS) is 22.8. The summed E-state index contributed by atoms with van der Waals surface area (Å²) in [5, 5.41) is 0. The van der Waals surface area contributed by atoms with Gasteiger partial charge in [0, 0.05) is 17.3 Å². The SMILES string of the molecule is CN(C)C1CCc2scnc2C1. The Morgan fingerprint density at radius 2 is 2.42 bits per heavy atom. The van der Waals surface area contributed by atoms with E-state index < -0.39 is 0 Å². The van der Waals surface area contributed by atoms with Crippen LogP contribution in [0.15, 0.2) is 5.51 Å². The van der Waals surface area contributed by atoms with Gasteiger partial charge in [-0.2, -0.15) is 0 Å². The molecule has 0 spiro atoms. The predicted molar refractivity (Wildman–Crippen MR) is 51.6 cm³/mol. The summed E-state index contributed by atoms with van der Waals surface area (Å²) >= 11 is 1.81. The van der Waals surface area contributed by atoms with Crippen molar-refractivity contribution in [2.75, 3.05) is 14.1 Å². The molecule has 0 bridgehead atoms. The summed E-state index contributed by atoms with van der Waals surface area (Å²) in [6, 6.07) is 0.708. The van der Waals surface area contributed by atoms with Gasteiger partial charge in [-0.1, -0.05) is 0 Å². The molecule has 2 nitrogen and oxygen atoms in total. The Balaban J connectivity index is 2.15. The highest BCUT2D eigenvalue weighted by molar-refractivity contribution is 7.09. The Morgan fingerprint density at radius 3 is 3.17 bits per heavy atom. The molecule has 12 heavy (non-hydrogen) atoms. The molecule has 1 aromatic heterocycles. The highest BCUT2D eigenvalue weighted by Gasteiger charge is 2.21. The third-order valence-corrected chi connectivity index (χ3v) is 3.52. The fourth-order valence-corrected chi connectivity index (χ4v) is 2.54. The molecule has 0 aliphatic heterocycles. The van der Waals surface area contributed by atoms with Crippen molar-refractivity contribution < 1.29 is 0 Å². The van der Waals surface area contributed by atoms with E-state index in [2.05, 4.69) is 24.0 Å². The Hall–Kier alpha value is -0.410. The molecule has 0 saturated carbocycles. The van der Waals surface area contributed by atoms with E-state index in [1.165, 1.54) is 23.4 Å². The van der Waals surface area contributed by atoms with Gasteiger partial charge in [0.2, 0.25) is 0 Å². The Kier molecular flexibility index (Phi) is 2.15. The van der Waals surface area contributed by atoms with Crippen LogP contribution in [0.2, 0.25) is 0 Å². The Labute approximate surface area is 77.2 Å². The van der Waals surface area contributed by atoms with Gasteiger partial charge in [0.15, 0.2) is 0 Å². The van der Waals surface area contributed by atoms with Crippen molar-refractivity contribution in [3.63, 3.8) is 0 Å². The zero-order chi connectivity index (χ0) is 8.55. The molecule has 0 saturated heterocycles. The number of hydrogen-bond acceptors (Lipinski definition) is 3. The van der Waals surface area contributed by atoms with Gasteiger partial charge in [0.25, 0.3) is 0 Å². The van der Waals surface area contributed by atoms with Crippen molar-refractivity contribution >= 4 is 11.3 Å². The molecular formula is C9H14N2S. The van der Waals surface area contributed by atoms with Gasteiger partial charge in [-0.15, -0.1) is 11.3 Å². The summed E-state index contributed by atoms with van der Waals surface area (Å²) in [7, 11) is 4.31. The smallest absolute Gasteiger partial charge is 0.0797 e. The minimum Gasteiger partial charge on any atom is -0.306 e. The highest BCUT2D eigenvalue weighted by atomic mass is 32.1. The van der Waals surface area contributed by atoms with E-state index in [0.29, 0.717) is 6.04 Å². The van der Waals surface area contributed by atoms with Crippen LogP contribution in [0.1, 0.15) is 17.0 Å². The van der Waals surface area contributed by atoms with Crippen molar-refractivity contribution in [2.45, 2.75) is 25.3 Å². The van der Waals surface area contributed by atoms with E-state index in [4.69, 9.17) is 0 Å². The zero-order valence-corrected chi connectivity index (χ0v) is 8.40. The summed E-state index contributed by atoms with van der Waals surface area (Å²) in [5.74, 6) is 0. The van der Waals surface area contributed by atoms with Gasteiger partial charge in [-0.05, 0) is 26.9 Å². The lowest BCUT2D eigenvalue weighted by Gasteiger charge is -2.27. The number of nitrogens with zero attached hydrogens (tertiary/aromatic N) is 2. The zero-order valence-electron chi connectivity index (χ0n) is 7.58. The fraction of sp³-hybridized carbons (Fsp3) is 0.667. The number of aryl methyl sites for hydroxylation is 1. The first kappa shape index (κ1) is 8.20. The van der Waals surface area contributed by atoms with E-state index in [-0.39, 0.29) is 0 Å². The van der Waals surface area contributed by atoms with Crippen molar-refractivity contribution in [2.24, 2.45) is 0 Å². The number of aromatic nitrogens is 1. The van der Waals surface area contributed by atoms with Gasteiger partial charge in [0.05, 0.1) is 11.2 Å². The lowest BCUT2D eigenvalue weighted by molar-refractivity contribution is 0.267. The quantitative estimate of drug-likeness (QED) is 0.655. The molecule has 0 amide bonds. The van der Waals surface area contributed by atoms with Crippen molar-refractivity contribution in [3.8, 4) is 0 Å². The van der Waals surface area contributed by atoms with Gasteiger partial charge in [-0.3, -0.25) is 0 Å². The number of fused-ring (bicyclic) bond motifs is 1. The van der Waals surface area contributed by atoms with Crippen LogP contribution >= 0.6 is 11.3 Å². The van der Waals surface area contributed by atoms with Crippen LogP contribution in [-0.4, -0.2) is 30.0 Å². The van der Waals surface area contributed by atoms with Crippen LogP contribution in [0.25, 0.3) is 0 Å². The van der Waals surface area contributed by atoms with E-state index in [9.17, 15) is 0 Å². The van der Waals surface area contributed by atoms with Crippen molar-refractivity contribution in [3.05, 3.63) is 16.1 Å². The van der Waals surface area contributed by atoms with Gasteiger partial charge in [-0.25, -0.2) is 4.98 Å². The minimum absolute atomic E-state index is 0.708. The number of rotatable bonds is 1. The summed E-state index contributed by atoms with van der Waals surface area (Å²) in [6.45, 7) is 0. The number of likely N-dealkylation sites (N-methyl/N-ethyl adjacent to an activating group) is 1. The monoisotopic (exact) mass is 182 g/mol. The third-order valence-electron chi connectivity index (χ3n) is 2.59. The fourth-order valence-electron chi connectivity index (χ4n) is 1.73. The van der Waals surface area contributed by atoms with Crippen LogP contribution in [0.5, 0.6) is 0 Å². The molecule has 2 rings (SSSR count). The van der Waals surface area contributed by atoms with Crippen LogP contribution < -0.4 is 0 Å². The first-order valence-corrected chi connectivity index (χ1v) is 5.23. The molecular weight excluding hydrogens is 168 g/mol. The average molecular weight is 182 g/mol. The summed E-state index contributed by atoms with van der Waals surface area (Å²) in [5.41, 5.74) is 3.31. The van der Waals surface area contributed by atoms with E-state index in [1.54, 1.807) is 0 Å². The second kappa shape index (κ2) is 3.15. The standard InChI is InChI=1S/C9H14N2S/c1-11(2)7-3-4-9-8(5-7)10-6-12-9/h6-7H,3-5H2,1-2H3. The molecule has 66 valence electrons. The minimum atomic E-state index is 0.708. The van der Waals surface area contributed by atoms with Crippen LogP contribution in [-0.2, 0) is 12.8 Å². The maximum atomic E-state index is 4.38. The molecule has 1 aromatic rings. The van der Waals surface area contributed by atoms with Crippen molar-refractivity contribution in [1.82, 2.24) is 9.88 Å². The summed E-state index contributed by atoms with van der Waals surface area (Å²) in [6.07, 6.45) is 3.66. The van der Waals surface area contributed by atoms with Gasteiger partial charge in [0.1, 0.15) is 0 Å². The Bertz CT molecular complexity index is 267.